The highest BCUT2D eigenvalue weighted by molar-refractivity contribution is 5.77. The van der Waals surface area contributed by atoms with Crippen LogP contribution in [0.25, 0.3) is 0 Å². The second-order valence-electron chi connectivity index (χ2n) is 4.36. The van der Waals surface area contributed by atoms with E-state index in [1.807, 2.05) is 14.1 Å². The highest BCUT2D eigenvalue weighted by Crippen LogP contribution is 2.03. The Morgan fingerprint density at radius 2 is 2.29 bits per heavy atom. The molecule has 6 nitrogen and oxygen atoms in total. The summed E-state index contributed by atoms with van der Waals surface area (Å²) in [7, 11) is 4.00. The number of ether oxygens (including phenoxy) is 1. The first-order valence-corrected chi connectivity index (χ1v) is 5.92. The Balaban J connectivity index is 2.03. The van der Waals surface area contributed by atoms with Crippen LogP contribution < -0.4 is 5.32 Å². The Morgan fingerprint density at radius 3 is 2.88 bits per heavy atom. The maximum absolute atomic E-state index is 11.4. The fraction of sp³-hybridized carbons (Fsp3) is 0.818. The minimum absolute atomic E-state index is 0.0107. The van der Waals surface area contributed by atoms with E-state index < -0.39 is 0 Å². The van der Waals surface area contributed by atoms with Gasteiger partial charge in [-0.2, -0.15) is 0 Å². The number of hydrogen-bond acceptors (Lipinski definition) is 4. The van der Waals surface area contributed by atoms with Gasteiger partial charge in [-0.1, -0.05) is 0 Å². The maximum atomic E-state index is 11.4. The lowest BCUT2D eigenvalue weighted by Crippen LogP contribution is -2.32. The van der Waals surface area contributed by atoms with Crippen molar-refractivity contribution in [3.05, 3.63) is 0 Å². The monoisotopic (exact) mass is 243 g/mol. The van der Waals surface area contributed by atoms with E-state index in [0.29, 0.717) is 32.7 Å². The van der Waals surface area contributed by atoms with Crippen LogP contribution in [0.1, 0.15) is 12.8 Å². The summed E-state index contributed by atoms with van der Waals surface area (Å²) in [5.41, 5.74) is 0. The van der Waals surface area contributed by atoms with Crippen LogP contribution in [0.5, 0.6) is 0 Å². The standard InChI is InChI=1S/C11H21N3O3/c1-13(2)6-3-5-12-10(15)4-7-14-8-9-17-11(14)16/h3-9H2,1-2H3,(H,12,15). The van der Waals surface area contributed by atoms with Crippen LogP contribution in [-0.4, -0.2) is 68.7 Å². The second-order valence-corrected chi connectivity index (χ2v) is 4.36. The third-order valence-corrected chi connectivity index (χ3v) is 2.56. The van der Waals surface area contributed by atoms with Gasteiger partial charge in [-0.3, -0.25) is 4.79 Å². The number of cyclic esters (lactones) is 1. The van der Waals surface area contributed by atoms with Gasteiger partial charge >= 0.3 is 6.09 Å². The van der Waals surface area contributed by atoms with Crippen LogP contribution in [0.3, 0.4) is 0 Å². The molecule has 0 aromatic carbocycles. The lowest BCUT2D eigenvalue weighted by molar-refractivity contribution is -0.121. The zero-order chi connectivity index (χ0) is 12.7. The molecule has 1 heterocycles. The van der Waals surface area contributed by atoms with E-state index >= 15 is 0 Å². The van der Waals surface area contributed by atoms with Crippen molar-refractivity contribution in [3.63, 3.8) is 0 Å². The zero-order valence-corrected chi connectivity index (χ0v) is 10.6. The molecule has 1 fully saturated rings. The van der Waals surface area contributed by atoms with E-state index in [4.69, 9.17) is 4.74 Å². The van der Waals surface area contributed by atoms with Crippen LogP contribution >= 0.6 is 0 Å². The van der Waals surface area contributed by atoms with Gasteiger partial charge < -0.3 is 19.9 Å². The van der Waals surface area contributed by atoms with Crippen LogP contribution in [0.4, 0.5) is 4.79 Å². The van der Waals surface area contributed by atoms with Crippen molar-refractivity contribution in [2.45, 2.75) is 12.8 Å². The maximum Gasteiger partial charge on any atom is 0.409 e. The molecule has 0 atom stereocenters. The Morgan fingerprint density at radius 1 is 1.53 bits per heavy atom. The lowest BCUT2D eigenvalue weighted by Gasteiger charge is -2.13. The normalized spacial score (nSPS) is 15.2. The van der Waals surface area contributed by atoms with Gasteiger partial charge in [0, 0.05) is 19.5 Å². The molecule has 1 N–H and O–H groups in total. The molecular weight excluding hydrogens is 222 g/mol. The fourth-order valence-corrected chi connectivity index (χ4v) is 1.58. The van der Waals surface area contributed by atoms with Crippen LogP contribution in [0.2, 0.25) is 0 Å². The highest BCUT2D eigenvalue weighted by Gasteiger charge is 2.21. The molecule has 0 unspecified atom stereocenters. The molecule has 17 heavy (non-hydrogen) atoms. The van der Waals surface area contributed by atoms with Gasteiger partial charge in [0.1, 0.15) is 6.61 Å². The average molecular weight is 243 g/mol. The van der Waals surface area contributed by atoms with Crippen molar-refractivity contribution in [3.8, 4) is 0 Å². The number of nitrogens with zero attached hydrogens (tertiary/aromatic N) is 2. The second kappa shape index (κ2) is 7.11. The van der Waals surface area contributed by atoms with Crippen molar-refractivity contribution < 1.29 is 14.3 Å². The predicted octanol–water partition coefficient (Wildman–Crippen LogP) is -0.103. The number of amides is 2. The third-order valence-electron chi connectivity index (χ3n) is 2.56. The van der Waals surface area contributed by atoms with E-state index in [2.05, 4.69) is 10.2 Å². The molecule has 2 amide bonds. The van der Waals surface area contributed by atoms with Gasteiger partial charge in [-0.25, -0.2) is 4.79 Å². The average Bonchev–Trinajstić information content (AvgIpc) is 2.67. The van der Waals surface area contributed by atoms with E-state index in [9.17, 15) is 9.59 Å². The fourth-order valence-electron chi connectivity index (χ4n) is 1.58. The van der Waals surface area contributed by atoms with Crippen molar-refractivity contribution >= 4 is 12.0 Å². The molecule has 1 rings (SSSR count). The van der Waals surface area contributed by atoms with Crippen LogP contribution in [0.15, 0.2) is 0 Å². The smallest absolute Gasteiger partial charge is 0.409 e. The predicted molar refractivity (Wildman–Crippen MR) is 63.7 cm³/mol. The Bertz CT molecular complexity index is 269. The van der Waals surface area contributed by atoms with Gasteiger partial charge in [-0.15, -0.1) is 0 Å². The lowest BCUT2D eigenvalue weighted by atomic mass is 10.3. The van der Waals surface area contributed by atoms with Crippen LogP contribution in [-0.2, 0) is 9.53 Å². The number of carbonyl (C=O) groups is 2. The van der Waals surface area contributed by atoms with E-state index in [0.717, 1.165) is 13.0 Å². The van der Waals surface area contributed by atoms with Gasteiger partial charge in [-0.05, 0) is 27.1 Å². The van der Waals surface area contributed by atoms with Gasteiger partial charge in [0.2, 0.25) is 5.91 Å². The topological polar surface area (TPSA) is 61.9 Å². The van der Waals surface area contributed by atoms with Crippen molar-refractivity contribution in [2.75, 3.05) is 46.9 Å². The minimum Gasteiger partial charge on any atom is -0.448 e. The molecule has 0 spiro atoms. The molecule has 0 aromatic rings. The summed E-state index contributed by atoms with van der Waals surface area (Å²) in [4.78, 5) is 26.2. The summed E-state index contributed by atoms with van der Waals surface area (Å²) in [6, 6.07) is 0. The molecule has 0 radical (unpaired) electrons. The molecular formula is C11H21N3O3. The Labute approximate surface area is 102 Å². The number of hydrogen-bond donors (Lipinski definition) is 1. The first-order chi connectivity index (χ1) is 8.09. The van der Waals surface area contributed by atoms with Gasteiger partial charge in [0.15, 0.2) is 0 Å². The summed E-state index contributed by atoms with van der Waals surface area (Å²) in [6.07, 6.45) is 0.965. The SMILES string of the molecule is CN(C)CCCNC(=O)CCN1CCOC1=O. The van der Waals surface area contributed by atoms with Crippen molar-refractivity contribution in [1.29, 1.82) is 0 Å². The summed E-state index contributed by atoms with van der Waals surface area (Å²) < 4.78 is 4.77. The first kappa shape index (κ1) is 13.8. The largest absolute Gasteiger partial charge is 0.448 e. The summed E-state index contributed by atoms with van der Waals surface area (Å²) in [6.45, 7) is 3.11. The van der Waals surface area contributed by atoms with E-state index in [1.54, 1.807) is 4.90 Å². The molecule has 98 valence electrons. The molecule has 1 aliphatic heterocycles. The quantitative estimate of drug-likeness (QED) is 0.634. The Kier molecular flexibility index (Phi) is 5.76. The third kappa shape index (κ3) is 5.53. The Hall–Kier alpha value is -1.30. The van der Waals surface area contributed by atoms with E-state index in [1.165, 1.54) is 0 Å². The number of rotatable bonds is 7. The van der Waals surface area contributed by atoms with Crippen LogP contribution in [0, 0.1) is 0 Å². The van der Waals surface area contributed by atoms with Crippen molar-refractivity contribution in [2.24, 2.45) is 0 Å². The molecule has 1 aliphatic rings. The van der Waals surface area contributed by atoms with Crippen molar-refractivity contribution in [1.82, 2.24) is 15.1 Å². The zero-order valence-electron chi connectivity index (χ0n) is 10.6. The first-order valence-electron chi connectivity index (χ1n) is 5.92. The molecule has 0 aliphatic carbocycles. The number of carbonyl (C=O) groups excluding carboxylic acids is 2. The molecule has 0 aromatic heterocycles. The number of nitrogens with one attached hydrogen (secondary N) is 1. The van der Waals surface area contributed by atoms with E-state index in [-0.39, 0.29) is 12.0 Å². The molecule has 0 saturated carbocycles. The summed E-state index contributed by atoms with van der Waals surface area (Å²) in [5.74, 6) is -0.0107. The summed E-state index contributed by atoms with van der Waals surface area (Å²) in [5, 5.41) is 2.83. The summed E-state index contributed by atoms with van der Waals surface area (Å²) >= 11 is 0. The molecule has 6 heteroatoms. The van der Waals surface area contributed by atoms with Gasteiger partial charge in [0.25, 0.3) is 0 Å². The van der Waals surface area contributed by atoms with Gasteiger partial charge in [0.05, 0.1) is 6.54 Å². The molecule has 1 saturated heterocycles. The molecule has 0 bridgehead atoms. The highest BCUT2D eigenvalue weighted by atomic mass is 16.6. The minimum atomic E-state index is -0.314.